The maximum Gasteiger partial charge on any atom is 0.328 e. The van der Waals surface area contributed by atoms with Crippen LogP contribution >= 0.6 is 0 Å². The summed E-state index contributed by atoms with van der Waals surface area (Å²) in [5.74, 6) is -1.11. The van der Waals surface area contributed by atoms with Gasteiger partial charge >= 0.3 is 5.97 Å². The van der Waals surface area contributed by atoms with E-state index in [0.29, 0.717) is 12.2 Å². The summed E-state index contributed by atoms with van der Waals surface area (Å²) in [6.45, 7) is 2.19. The maximum atomic E-state index is 11.7. The van der Waals surface area contributed by atoms with Crippen LogP contribution in [-0.4, -0.2) is 42.5 Å². The first-order chi connectivity index (χ1) is 8.88. The Kier molecular flexibility index (Phi) is 5.26. The van der Waals surface area contributed by atoms with Crippen molar-refractivity contribution in [2.45, 2.75) is 6.92 Å². The van der Waals surface area contributed by atoms with E-state index >= 15 is 0 Å². The SMILES string of the molecule is Cc1ccc(/C=C/C(=O)O)cc1NC(=O)CN(C)C. The van der Waals surface area contributed by atoms with Crippen LogP contribution in [0.2, 0.25) is 0 Å². The van der Waals surface area contributed by atoms with E-state index in [0.717, 1.165) is 17.2 Å². The zero-order valence-corrected chi connectivity index (χ0v) is 11.3. The molecule has 0 bridgehead atoms. The van der Waals surface area contributed by atoms with Gasteiger partial charge in [0, 0.05) is 11.8 Å². The van der Waals surface area contributed by atoms with Crippen molar-refractivity contribution in [2.75, 3.05) is 26.0 Å². The van der Waals surface area contributed by atoms with Gasteiger partial charge in [-0.2, -0.15) is 0 Å². The minimum Gasteiger partial charge on any atom is -0.478 e. The lowest BCUT2D eigenvalue weighted by molar-refractivity contribution is -0.131. The third-order valence-corrected chi connectivity index (χ3v) is 2.41. The van der Waals surface area contributed by atoms with Crippen molar-refractivity contribution in [3.05, 3.63) is 35.4 Å². The molecule has 1 aromatic rings. The van der Waals surface area contributed by atoms with Crippen LogP contribution in [0, 0.1) is 6.92 Å². The summed E-state index contributed by atoms with van der Waals surface area (Å²) in [4.78, 5) is 23.9. The van der Waals surface area contributed by atoms with Gasteiger partial charge in [0.2, 0.25) is 5.91 Å². The lowest BCUT2D eigenvalue weighted by Gasteiger charge is -2.12. The van der Waals surface area contributed by atoms with E-state index in [4.69, 9.17) is 5.11 Å². The Morgan fingerprint density at radius 1 is 1.37 bits per heavy atom. The molecule has 2 N–H and O–H groups in total. The highest BCUT2D eigenvalue weighted by Crippen LogP contribution is 2.17. The first-order valence-corrected chi connectivity index (χ1v) is 5.84. The number of nitrogens with one attached hydrogen (secondary N) is 1. The Morgan fingerprint density at radius 2 is 2.05 bits per heavy atom. The van der Waals surface area contributed by atoms with E-state index in [2.05, 4.69) is 5.32 Å². The average Bonchev–Trinajstić information content (AvgIpc) is 2.29. The van der Waals surface area contributed by atoms with E-state index in [1.165, 1.54) is 6.08 Å². The molecule has 0 fully saturated rings. The summed E-state index contributed by atoms with van der Waals surface area (Å²) in [7, 11) is 3.64. The molecule has 0 aliphatic carbocycles. The highest BCUT2D eigenvalue weighted by molar-refractivity contribution is 5.93. The molecule has 0 saturated heterocycles. The number of rotatable bonds is 5. The van der Waals surface area contributed by atoms with Crippen molar-refractivity contribution in [3.8, 4) is 0 Å². The Morgan fingerprint density at radius 3 is 2.63 bits per heavy atom. The molecule has 0 unspecified atom stereocenters. The highest BCUT2D eigenvalue weighted by atomic mass is 16.4. The summed E-state index contributed by atoms with van der Waals surface area (Å²) in [6, 6.07) is 5.39. The van der Waals surface area contributed by atoms with E-state index in [1.54, 1.807) is 17.0 Å². The van der Waals surface area contributed by atoms with Crippen molar-refractivity contribution in [1.29, 1.82) is 0 Å². The van der Waals surface area contributed by atoms with Gasteiger partial charge in [-0.3, -0.25) is 4.79 Å². The number of carbonyl (C=O) groups is 2. The zero-order chi connectivity index (χ0) is 14.4. The second kappa shape index (κ2) is 6.70. The number of nitrogens with zero attached hydrogens (tertiary/aromatic N) is 1. The van der Waals surface area contributed by atoms with Gasteiger partial charge in [-0.25, -0.2) is 4.79 Å². The second-order valence-electron chi connectivity index (χ2n) is 4.53. The number of carbonyl (C=O) groups excluding carboxylic acids is 1. The molecule has 1 amide bonds. The molecule has 0 atom stereocenters. The monoisotopic (exact) mass is 262 g/mol. The normalized spacial score (nSPS) is 10.9. The first kappa shape index (κ1) is 14.9. The molecule has 0 radical (unpaired) electrons. The van der Waals surface area contributed by atoms with Gasteiger partial charge in [0.15, 0.2) is 0 Å². The highest BCUT2D eigenvalue weighted by Gasteiger charge is 2.06. The quantitative estimate of drug-likeness (QED) is 0.791. The molecule has 19 heavy (non-hydrogen) atoms. The largest absolute Gasteiger partial charge is 0.478 e. The molecular formula is C14H18N2O3. The van der Waals surface area contributed by atoms with Gasteiger partial charge < -0.3 is 15.3 Å². The lowest BCUT2D eigenvalue weighted by atomic mass is 10.1. The Labute approximate surface area is 112 Å². The summed E-state index contributed by atoms with van der Waals surface area (Å²) in [5.41, 5.74) is 2.35. The fraction of sp³-hybridized carbons (Fsp3) is 0.286. The Bertz CT molecular complexity index is 507. The molecule has 1 aromatic carbocycles. The predicted octanol–water partition coefficient (Wildman–Crippen LogP) is 1.59. The van der Waals surface area contributed by atoms with Crippen LogP contribution in [0.3, 0.4) is 0 Å². The zero-order valence-electron chi connectivity index (χ0n) is 11.3. The number of aliphatic carboxylic acids is 1. The second-order valence-corrected chi connectivity index (χ2v) is 4.53. The fourth-order valence-corrected chi connectivity index (χ4v) is 1.52. The van der Waals surface area contributed by atoms with Crippen molar-refractivity contribution in [3.63, 3.8) is 0 Å². The number of carboxylic acid groups (broad SMARTS) is 1. The Balaban J connectivity index is 2.85. The number of amides is 1. The molecule has 1 rings (SSSR count). The van der Waals surface area contributed by atoms with Gasteiger partial charge in [-0.05, 0) is 44.3 Å². The van der Waals surface area contributed by atoms with E-state index in [1.807, 2.05) is 27.1 Å². The molecular weight excluding hydrogens is 244 g/mol. The first-order valence-electron chi connectivity index (χ1n) is 5.84. The summed E-state index contributed by atoms with van der Waals surface area (Å²) >= 11 is 0. The number of hydrogen-bond acceptors (Lipinski definition) is 3. The maximum absolute atomic E-state index is 11.7. The van der Waals surface area contributed by atoms with Crippen molar-refractivity contribution < 1.29 is 14.7 Å². The molecule has 5 heteroatoms. The van der Waals surface area contributed by atoms with Crippen LogP contribution in [-0.2, 0) is 9.59 Å². The summed E-state index contributed by atoms with van der Waals surface area (Å²) in [6.07, 6.45) is 2.56. The molecule has 0 aliphatic heterocycles. The number of benzene rings is 1. The van der Waals surface area contributed by atoms with Gasteiger partial charge in [-0.15, -0.1) is 0 Å². The van der Waals surface area contributed by atoms with Crippen LogP contribution in [0.4, 0.5) is 5.69 Å². The summed E-state index contributed by atoms with van der Waals surface area (Å²) < 4.78 is 0. The fourth-order valence-electron chi connectivity index (χ4n) is 1.52. The predicted molar refractivity (Wildman–Crippen MR) is 75.0 cm³/mol. The minimum atomic E-state index is -1.00. The molecule has 0 heterocycles. The molecule has 0 spiro atoms. The van der Waals surface area contributed by atoms with E-state index < -0.39 is 5.97 Å². The molecule has 5 nitrogen and oxygen atoms in total. The van der Waals surface area contributed by atoms with Gasteiger partial charge in [0.25, 0.3) is 0 Å². The van der Waals surface area contributed by atoms with Crippen LogP contribution in [0.25, 0.3) is 6.08 Å². The molecule has 0 saturated carbocycles. The number of likely N-dealkylation sites (N-methyl/N-ethyl adjacent to an activating group) is 1. The topological polar surface area (TPSA) is 69.6 Å². The van der Waals surface area contributed by atoms with E-state index in [9.17, 15) is 9.59 Å². The number of carboxylic acids is 1. The third kappa shape index (κ3) is 5.35. The molecule has 102 valence electrons. The summed E-state index contributed by atoms with van der Waals surface area (Å²) in [5, 5.41) is 11.4. The van der Waals surface area contributed by atoms with Gasteiger partial charge in [-0.1, -0.05) is 12.1 Å². The average molecular weight is 262 g/mol. The van der Waals surface area contributed by atoms with Crippen molar-refractivity contribution in [1.82, 2.24) is 4.90 Å². The number of anilines is 1. The van der Waals surface area contributed by atoms with E-state index in [-0.39, 0.29) is 5.91 Å². The standard InChI is InChI=1S/C14H18N2O3/c1-10-4-5-11(6-7-14(18)19)8-12(10)15-13(17)9-16(2)3/h4-8H,9H2,1-3H3,(H,15,17)(H,18,19)/b7-6+. The Hall–Kier alpha value is -2.14. The van der Waals surface area contributed by atoms with Crippen LogP contribution in [0.15, 0.2) is 24.3 Å². The van der Waals surface area contributed by atoms with Crippen molar-refractivity contribution >= 4 is 23.6 Å². The minimum absolute atomic E-state index is 0.104. The lowest BCUT2D eigenvalue weighted by Crippen LogP contribution is -2.27. The number of hydrogen-bond donors (Lipinski definition) is 2. The van der Waals surface area contributed by atoms with Crippen molar-refractivity contribution in [2.24, 2.45) is 0 Å². The van der Waals surface area contributed by atoms with Gasteiger partial charge in [0.1, 0.15) is 0 Å². The number of aryl methyl sites for hydroxylation is 1. The van der Waals surface area contributed by atoms with Gasteiger partial charge in [0.05, 0.1) is 6.54 Å². The van der Waals surface area contributed by atoms with Crippen LogP contribution in [0.1, 0.15) is 11.1 Å². The molecule has 0 aliphatic rings. The third-order valence-electron chi connectivity index (χ3n) is 2.41. The van der Waals surface area contributed by atoms with Crippen LogP contribution < -0.4 is 5.32 Å². The van der Waals surface area contributed by atoms with Crippen LogP contribution in [0.5, 0.6) is 0 Å². The molecule has 0 aromatic heterocycles. The smallest absolute Gasteiger partial charge is 0.328 e.